The molecule has 4 rings (SSSR count). The van der Waals surface area contributed by atoms with Crippen LogP contribution in [0.4, 0.5) is 10.1 Å². The Hall–Kier alpha value is -1.14. The van der Waals surface area contributed by atoms with Crippen LogP contribution in [0.2, 0.25) is 0 Å². The minimum absolute atomic E-state index is 0.00656. The Morgan fingerprint density at radius 3 is 2.50 bits per heavy atom. The first-order valence-electron chi connectivity index (χ1n) is 7.05. The summed E-state index contributed by atoms with van der Waals surface area (Å²) in [6.45, 7) is 0. The molecule has 0 aromatic heterocycles. The summed E-state index contributed by atoms with van der Waals surface area (Å²) in [6.07, 6.45) is 3.69. The molecule has 0 amide bonds. The van der Waals surface area contributed by atoms with E-state index in [2.05, 4.69) is 4.72 Å². The lowest BCUT2D eigenvalue weighted by Gasteiger charge is -2.12. The van der Waals surface area contributed by atoms with Crippen molar-refractivity contribution in [1.29, 1.82) is 0 Å². The van der Waals surface area contributed by atoms with Gasteiger partial charge >= 0.3 is 0 Å². The molecule has 4 atom stereocenters. The Morgan fingerprint density at radius 1 is 1.20 bits per heavy atom. The predicted octanol–water partition coefficient (Wildman–Crippen LogP) is 1.73. The fraction of sp³-hybridized carbons (Fsp3) is 0.571. The van der Waals surface area contributed by atoms with Crippen LogP contribution in [0, 0.1) is 29.5 Å². The number of hydrogen-bond donors (Lipinski definition) is 2. The third-order valence-corrected chi connectivity index (χ3v) is 6.75. The van der Waals surface area contributed by atoms with Crippen molar-refractivity contribution in [3.05, 3.63) is 24.0 Å². The summed E-state index contributed by atoms with van der Waals surface area (Å²) >= 11 is 0. The number of nitrogen functional groups attached to an aromatic ring is 1. The Labute approximate surface area is 117 Å². The van der Waals surface area contributed by atoms with Gasteiger partial charge in [-0.05, 0) is 61.1 Å². The second-order valence-electron chi connectivity index (χ2n) is 6.32. The molecule has 3 saturated carbocycles. The van der Waals surface area contributed by atoms with Crippen molar-refractivity contribution in [3.63, 3.8) is 0 Å². The smallest absolute Gasteiger partial charge is 0.243 e. The van der Waals surface area contributed by atoms with Crippen LogP contribution in [0.3, 0.4) is 0 Å². The number of benzene rings is 1. The topological polar surface area (TPSA) is 72.2 Å². The van der Waals surface area contributed by atoms with Crippen LogP contribution in [0.1, 0.15) is 19.3 Å². The van der Waals surface area contributed by atoms with E-state index in [1.807, 2.05) is 0 Å². The van der Waals surface area contributed by atoms with Crippen LogP contribution < -0.4 is 10.5 Å². The lowest BCUT2D eigenvalue weighted by molar-refractivity contribution is 0.456. The zero-order valence-corrected chi connectivity index (χ0v) is 11.7. The van der Waals surface area contributed by atoms with E-state index < -0.39 is 15.8 Å². The van der Waals surface area contributed by atoms with E-state index in [0.717, 1.165) is 6.07 Å². The van der Waals surface area contributed by atoms with Crippen molar-refractivity contribution in [1.82, 2.24) is 4.72 Å². The average Bonchev–Trinajstić information content (AvgIpc) is 2.81. The summed E-state index contributed by atoms with van der Waals surface area (Å²) in [5, 5.41) is 0. The van der Waals surface area contributed by atoms with Crippen molar-refractivity contribution in [2.75, 3.05) is 5.73 Å². The molecular formula is C14H17FN2O2S. The number of nitrogens with one attached hydrogen (secondary N) is 1. The van der Waals surface area contributed by atoms with Gasteiger partial charge in [-0.15, -0.1) is 0 Å². The molecule has 4 nitrogen and oxygen atoms in total. The molecule has 3 N–H and O–H groups in total. The molecule has 108 valence electrons. The average molecular weight is 296 g/mol. The molecular weight excluding hydrogens is 279 g/mol. The van der Waals surface area contributed by atoms with E-state index in [-0.39, 0.29) is 16.6 Å². The first-order valence-corrected chi connectivity index (χ1v) is 8.53. The molecule has 4 unspecified atom stereocenters. The zero-order chi connectivity index (χ0) is 14.1. The number of rotatable bonds is 3. The predicted molar refractivity (Wildman–Crippen MR) is 72.7 cm³/mol. The number of nitrogens with two attached hydrogens (primary N) is 1. The second-order valence-corrected chi connectivity index (χ2v) is 8.01. The fourth-order valence-corrected chi connectivity index (χ4v) is 5.87. The van der Waals surface area contributed by atoms with Gasteiger partial charge in [0.1, 0.15) is 10.7 Å². The Balaban J connectivity index is 1.58. The van der Waals surface area contributed by atoms with Gasteiger partial charge in [-0.1, -0.05) is 0 Å². The molecule has 20 heavy (non-hydrogen) atoms. The molecule has 3 aliphatic carbocycles. The maximum atomic E-state index is 13.7. The van der Waals surface area contributed by atoms with Crippen molar-refractivity contribution < 1.29 is 12.8 Å². The van der Waals surface area contributed by atoms with E-state index in [1.165, 1.54) is 31.4 Å². The summed E-state index contributed by atoms with van der Waals surface area (Å²) < 4.78 is 41.0. The summed E-state index contributed by atoms with van der Waals surface area (Å²) in [6, 6.07) is 3.65. The second kappa shape index (κ2) is 3.95. The van der Waals surface area contributed by atoms with E-state index >= 15 is 0 Å². The van der Waals surface area contributed by atoms with Gasteiger partial charge in [-0.3, -0.25) is 0 Å². The van der Waals surface area contributed by atoms with Crippen LogP contribution in [-0.2, 0) is 10.0 Å². The highest BCUT2D eigenvalue weighted by Crippen LogP contribution is 2.65. The molecule has 3 fully saturated rings. The molecule has 6 heteroatoms. The number of halogens is 1. The molecule has 2 bridgehead atoms. The van der Waals surface area contributed by atoms with Gasteiger partial charge in [0.15, 0.2) is 0 Å². The number of fused-ring (bicyclic) bond motifs is 5. The highest BCUT2D eigenvalue weighted by Gasteiger charge is 2.65. The number of hydrogen-bond acceptors (Lipinski definition) is 3. The van der Waals surface area contributed by atoms with Crippen LogP contribution in [0.15, 0.2) is 23.1 Å². The third-order valence-electron chi connectivity index (χ3n) is 5.27. The van der Waals surface area contributed by atoms with Crippen LogP contribution in [-0.4, -0.2) is 14.5 Å². The zero-order valence-electron chi connectivity index (χ0n) is 10.9. The quantitative estimate of drug-likeness (QED) is 0.834. The highest BCUT2D eigenvalue weighted by molar-refractivity contribution is 7.89. The fourth-order valence-electron chi connectivity index (χ4n) is 4.45. The van der Waals surface area contributed by atoms with Gasteiger partial charge < -0.3 is 5.73 Å². The minimum Gasteiger partial charge on any atom is -0.399 e. The third kappa shape index (κ3) is 1.71. The van der Waals surface area contributed by atoms with E-state index in [1.54, 1.807) is 0 Å². The molecule has 0 aliphatic heterocycles. The van der Waals surface area contributed by atoms with Gasteiger partial charge in [0.05, 0.1) is 0 Å². The van der Waals surface area contributed by atoms with Gasteiger partial charge in [0.25, 0.3) is 0 Å². The van der Waals surface area contributed by atoms with E-state index in [4.69, 9.17) is 5.73 Å². The summed E-state index contributed by atoms with van der Waals surface area (Å²) in [7, 11) is -3.82. The summed E-state index contributed by atoms with van der Waals surface area (Å²) in [5.41, 5.74) is 5.81. The molecule has 0 heterocycles. The van der Waals surface area contributed by atoms with Crippen molar-refractivity contribution >= 4 is 15.7 Å². The Bertz CT molecular complexity index is 660. The monoisotopic (exact) mass is 296 g/mol. The standard InChI is InChI=1S/C14H17FN2O2S/c15-10-4-3-9(16)6-11(10)20(18,19)17-14-12-7-1-2-8(5-7)13(12)14/h3-4,6-8,12-14,17H,1-2,5,16H2. The minimum atomic E-state index is -3.82. The number of anilines is 1. The lowest BCUT2D eigenvalue weighted by Crippen LogP contribution is -2.30. The molecule has 1 aromatic rings. The largest absolute Gasteiger partial charge is 0.399 e. The maximum absolute atomic E-state index is 13.7. The van der Waals surface area contributed by atoms with Gasteiger partial charge in [-0.2, -0.15) is 0 Å². The van der Waals surface area contributed by atoms with Crippen LogP contribution >= 0.6 is 0 Å². The van der Waals surface area contributed by atoms with Crippen LogP contribution in [0.5, 0.6) is 0 Å². The van der Waals surface area contributed by atoms with Crippen molar-refractivity contribution in [2.24, 2.45) is 23.7 Å². The first-order chi connectivity index (χ1) is 9.47. The highest BCUT2D eigenvalue weighted by atomic mass is 32.2. The lowest BCUT2D eigenvalue weighted by atomic mass is 10.0. The maximum Gasteiger partial charge on any atom is 0.243 e. The van der Waals surface area contributed by atoms with Gasteiger partial charge in [0, 0.05) is 11.7 Å². The van der Waals surface area contributed by atoms with Crippen molar-refractivity contribution in [2.45, 2.75) is 30.2 Å². The molecule has 0 radical (unpaired) electrons. The van der Waals surface area contributed by atoms with Crippen LogP contribution in [0.25, 0.3) is 0 Å². The SMILES string of the molecule is Nc1ccc(F)c(S(=O)(=O)NC2C3C4CCC(C4)C23)c1. The molecule has 3 aliphatic rings. The molecule has 0 spiro atoms. The molecule has 0 saturated heterocycles. The molecule has 1 aromatic carbocycles. The van der Waals surface area contributed by atoms with E-state index in [0.29, 0.717) is 23.7 Å². The van der Waals surface area contributed by atoms with E-state index in [9.17, 15) is 12.8 Å². The van der Waals surface area contributed by atoms with Gasteiger partial charge in [0.2, 0.25) is 10.0 Å². The first kappa shape index (κ1) is 12.6. The number of sulfonamides is 1. The normalized spacial score (nSPS) is 38.0. The Morgan fingerprint density at radius 2 is 1.85 bits per heavy atom. The summed E-state index contributed by atoms with van der Waals surface area (Å²) in [5.74, 6) is 1.55. The summed E-state index contributed by atoms with van der Waals surface area (Å²) in [4.78, 5) is -0.338. The van der Waals surface area contributed by atoms with Crippen molar-refractivity contribution in [3.8, 4) is 0 Å². The Kier molecular flexibility index (Phi) is 2.49. The van der Waals surface area contributed by atoms with Gasteiger partial charge in [-0.25, -0.2) is 17.5 Å².